The Hall–Kier alpha value is -2.00. The molecule has 2 atom stereocenters. The van der Waals surface area contributed by atoms with Crippen LogP contribution in [0.4, 0.5) is 5.82 Å². The zero-order valence-electron chi connectivity index (χ0n) is 29.7. The molecule has 9 nitrogen and oxygen atoms in total. The normalized spacial score (nSPS) is 13.5. The number of nitrogens with two attached hydrogens (primary N) is 1. The summed E-state index contributed by atoms with van der Waals surface area (Å²) in [5.74, 6) is 0.0997. The summed E-state index contributed by atoms with van der Waals surface area (Å²) < 4.78 is 36.5. The zero-order chi connectivity index (χ0) is 34.5. The summed E-state index contributed by atoms with van der Waals surface area (Å²) in [6, 6.07) is 12.8. The third-order valence-corrected chi connectivity index (χ3v) is 10.2. The van der Waals surface area contributed by atoms with E-state index in [2.05, 4.69) is 11.9 Å². The van der Waals surface area contributed by atoms with Crippen molar-refractivity contribution in [3.63, 3.8) is 0 Å². The minimum absolute atomic E-state index is 0.109. The summed E-state index contributed by atoms with van der Waals surface area (Å²) in [6.07, 6.45) is 22.0. The number of H-pyrrole nitrogens is 1. The predicted molar refractivity (Wildman–Crippen MR) is 196 cm³/mol. The smallest absolute Gasteiger partial charge is 0.356 e. The molecule has 4 N–H and O–H groups in total. The number of rotatable bonds is 32. The van der Waals surface area contributed by atoms with Crippen molar-refractivity contribution in [1.82, 2.24) is 4.98 Å². The van der Waals surface area contributed by atoms with Gasteiger partial charge in [-0.2, -0.15) is 0 Å². The molecule has 0 aliphatic rings. The highest BCUT2D eigenvalue weighted by atomic mass is 31.2. The number of pyridine rings is 1. The SMILES string of the molecule is CCCCCCCCCCCCCCCCCCOCCOP(=O)(COCC[C@H](CO)Cc1ccc(N)[nH]c1=O)OCc1ccccc1. The molecule has 10 heteroatoms. The lowest BCUT2D eigenvalue weighted by Crippen LogP contribution is -2.20. The number of aromatic nitrogens is 1. The predicted octanol–water partition coefficient (Wildman–Crippen LogP) is 9.18. The van der Waals surface area contributed by atoms with E-state index in [1.165, 1.54) is 89.9 Å². The van der Waals surface area contributed by atoms with Gasteiger partial charge in [0.25, 0.3) is 5.56 Å². The summed E-state index contributed by atoms with van der Waals surface area (Å²) in [4.78, 5) is 14.7. The van der Waals surface area contributed by atoms with Gasteiger partial charge in [0.05, 0.1) is 19.8 Å². The van der Waals surface area contributed by atoms with E-state index in [1.54, 1.807) is 12.1 Å². The molecule has 0 radical (unpaired) electrons. The van der Waals surface area contributed by atoms with E-state index in [9.17, 15) is 14.5 Å². The Bertz CT molecular complexity index is 1150. The van der Waals surface area contributed by atoms with Crippen LogP contribution in [0.5, 0.6) is 0 Å². The molecule has 1 aromatic carbocycles. The molecule has 0 saturated carbocycles. The zero-order valence-corrected chi connectivity index (χ0v) is 30.6. The van der Waals surface area contributed by atoms with Crippen molar-refractivity contribution >= 4 is 13.4 Å². The van der Waals surface area contributed by atoms with Crippen LogP contribution in [0.15, 0.2) is 47.3 Å². The lowest BCUT2D eigenvalue weighted by Gasteiger charge is -2.20. The van der Waals surface area contributed by atoms with Gasteiger partial charge in [0.2, 0.25) is 0 Å². The fourth-order valence-corrected chi connectivity index (χ4v) is 6.90. The van der Waals surface area contributed by atoms with Crippen molar-refractivity contribution in [2.45, 2.75) is 129 Å². The number of ether oxygens (including phenoxy) is 2. The highest BCUT2D eigenvalue weighted by molar-refractivity contribution is 7.53. The first-order chi connectivity index (χ1) is 23.5. The minimum atomic E-state index is -3.56. The van der Waals surface area contributed by atoms with Crippen LogP contribution in [-0.4, -0.2) is 49.5 Å². The van der Waals surface area contributed by atoms with E-state index >= 15 is 0 Å². The summed E-state index contributed by atoms with van der Waals surface area (Å²) in [7, 11) is -3.56. The second kappa shape index (κ2) is 27.8. The number of unbranched alkanes of at least 4 members (excludes halogenated alkanes) is 15. The molecule has 2 rings (SSSR count). The van der Waals surface area contributed by atoms with Gasteiger partial charge in [0.1, 0.15) is 12.2 Å². The van der Waals surface area contributed by atoms with Gasteiger partial charge >= 0.3 is 7.60 Å². The van der Waals surface area contributed by atoms with Crippen molar-refractivity contribution in [2.24, 2.45) is 5.92 Å². The molecule has 274 valence electrons. The topological polar surface area (TPSA) is 133 Å². The summed E-state index contributed by atoms with van der Waals surface area (Å²) in [6.45, 7) is 3.68. The lowest BCUT2D eigenvalue weighted by molar-refractivity contribution is 0.0733. The molecule has 0 bridgehead atoms. The monoisotopic (exact) mass is 692 g/mol. The highest BCUT2D eigenvalue weighted by Gasteiger charge is 2.26. The van der Waals surface area contributed by atoms with Gasteiger partial charge in [0, 0.05) is 25.4 Å². The Balaban J connectivity index is 1.56. The molecule has 1 heterocycles. The number of nitrogens with one attached hydrogen (secondary N) is 1. The van der Waals surface area contributed by atoms with Gasteiger partial charge in [-0.05, 0) is 42.9 Å². The van der Waals surface area contributed by atoms with Gasteiger partial charge in [-0.3, -0.25) is 9.36 Å². The van der Waals surface area contributed by atoms with Crippen LogP contribution in [0.2, 0.25) is 0 Å². The maximum absolute atomic E-state index is 13.5. The molecule has 0 aliphatic carbocycles. The van der Waals surface area contributed by atoms with Crippen LogP contribution >= 0.6 is 7.60 Å². The Kier molecular flexibility index (Phi) is 24.4. The number of aromatic amines is 1. The molecule has 48 heavy (non-hydrogen) atoms. The van der Waals surface area contributed by atoms with Gasteiger partial charge in [-0.15, -0.1) is 0 Å². The van der Waals surface area contributed by atoms with E-state index in [0.29, 0.717) is 37.4 Å². The van der Waals surface area contributed by atoms with Crippen LogP contribution < -0.4 is 11.3 Å². The van der Waals surface area contributed by atoms with Crippen LogP contribution in [0.3, 0.4) is 0 Å². The number of nitrogen functional groups attached to an aromatic ring is 1. The Labute approximate surface area is 290 Å². The van der Waals surface area contributed by atoms with Crippen LogP contribution in [0.25, 0.3) is 0 Å². The van der Waals surface area contributed by atoms with Gasteiger partial charge in [-0.25, -0.2) is 0 Å². The number of aliphatic hydroxyl groups is 1. The van der Waals surface area contributed by atoms with Crippen molar-refractivity contribution in [3.8, 4) is 0 Å². The average molecular weight is 693 g/mol. The first-order valence-corrected chi connectivity index (χ1v) is 20.3. The van der Waals surface area contributed by atoms with Gasteiger partial charge in [-0.1, -0.05) is 134 Å². The lowest BCUT2D eigenvalue weighted by atomic mass is 9.98. The number of hydrogen-bond donors (Lipinski definition) is 3. The van der Waals surface area contributed by atoms with Crippen molar-refractivity contribution in [3.05, 3.63) is 63.9 Å². The van der Waals surface area contributed by atoms with Crippen molar-refractivity contribution in [1.29, 1.82) is 0 Å². The second-order valence-electron chi connectivity index (χ2n) is 13.0. The highest BCUT2D eigenvalue weighted by Crippen LogP contribution is 2.49. The first kappa shape index (κ1) is 42.2. The largest absolute Gasteiger partial charge is 0.396 e. The van der Waals surface area contributed by atoms with Gasteiger partial charge < -0.3 is 34.3 Å². The maximum Gasteiger partial charge on any atom is 0.356 e. The minimum Gasteiger partial charge on any atom is -0.396 e. The van der Waals surface area contributed by atoms with Crippen molar-refractivity contribution in [2.75, 3.05) is 45.1 Å². The van der Waals surface area contributed by atoms with Crippen LogP contribution in [-0.2, 0) is 36.1 Å². The van der Waals surface area contributed by atoms with Crippen LogP contribution in [0.1, 0.15) is 127 Å². The Morgan fingerprint density at radius 2 is 1.33 bits per heavy atom. The van der Waals surface area contributed by atoms with E-state index < -0.39 is 7.60 Å². The molecule has 1 aromatic heterocycles. The number of benzene rings is 1. The van der Waals surface area contributed by atoms with Crippen LogP contribution in [0, 0.1) is 5.92 Å². The number of aliphatic hydroxyl groups excluding tert-OH is 1. The van der Waals surface area contributed by atoms with Gasteiger partial charge in [0.15, 0.2) is 0 Å². The third-order valence-electron chi connectivity index (χ3n) is 8.63. The Morgan fingerprint density at radius 3 is 1.92 bits per heavy atom. The molecule has 1 unspecified atom stereocenters. The molecular weight excluding hydrogens is 627 g/mol. The fraction of sp³-hybridized carbons (Fsp3) is 0.711. The van der Waals surface area contributed by atoms with E-state index in [-0.39, 0.29) is 44.3 Å². The Morgan fingerprint density at radius 1 is 0.729 bits per heavy atom. The first-order valence-electron chi connectivity index (χ1n) is 18.6. The molecule has 0 fully saturated rings. The number of hydrogen-bond acceptors (Lipinski definition) is 8. The van der Waals surface area contributed by atoms with E-state index in [4.69, 9.17) is 24.3 Å². The summed E-state index contributed by atoms with van der Waals surface area (Å²) in [5.41, 5.74) is 6.79. The summed E-state index contributed by atoms with van der Waals surface area (Å²) in [5, 5.41) is 9.82. The molecular formula is C38H65N2O7P. The van der Waals surface area contributed by atoms with E-state index in [1.807, 2.05) is 30.3 Å². The molecule has 0 saturated heterocycles. The maximum atomic E-state index is 13.5. The molecule has 0 spiro atoms. The summed E-state index contributed by atoms with van der Waals surface area (Å²) >= 11 is 0. The molecule has 0 amide bonds. The third kappa shape index (κ3) is 21.2. The van der Waals surface area contributed by atoms with Crippen molar-refractivity contribution < 1.29 is 28.2 Å². The quantitative estimate of drug-likeness (QED) is 0.0511. The second-order valence-corrected chi connectivity index (χ2v) is 15.0. The molecule has 0 aliphatic heterocycles. The standard InChI is InChI=1S/C38H65N2O7P/c1-2-3-4-5-6-7-8-9-10-11-12-13-14-15-16-20-26-44-28-29-46-48(43,47-32-34-21-18-17-19-22-34)33-45-27-25-35(31-41)30-36-23-24-37(39)40-38(36)42/h17-19,21-24,35,41H,2-16,20,25-33H2,1H3,(H3,39,40,42)/t35-,48?/m0/s1. The fourth-order valence-electron chi connectivity index (χ4n) is 5.62. The average Bonchev–Trinajstić information content (AvgIpc) is 3.09. The molecule has 2 aromatic rings. The van der Waals surface area contributed by atoms with E-state index in [0.717, 1.165) is 18.4 Å². The number of anilines is 1.